The molecular formula is C17H22F3NO3. The molecule has 24 heavy (non-hydrogen) atoms. The van der Waals surface area contributed by atoms with Gasteiger partial charge in [-0.3, -0.25) is 4.79 Å². The predicted octanol–water partition coefficient (Wildman–Crippen LogP) is 4.25. The van der Waals surface area contributed by atoms with E-state index in [1.807, 2.05) is 0 Å². The summed E-state index contributed by atoms with van der Waals surface area (Å²) in [5.41, 5.74) is -0.767. The van der Waals surface area contributed by atoms with Gasteiger partial charge in [-0.05, 0) is 31.0 Å². The number of nitrogens with one attached hydrogen (secondary N) is 1. The predicted molar refractivity (Wildman–Crippen MR) is 84.0 cm³/mol. The topological polar surface area (TPSA) is 47.6 Å². The van der Waals surface area contributed by atoms with Gasteiger partial charge in [-0.25, -0.2) is 0 Å². The quantitative estimate of drug-likeness (QED) is 0.784. The molecule has 0 unspecified atom stereocenters. The van der Waals surface area contributed by atoms with E-state index in [4.69, 9.17) is 9.47 Å². The van der Waals surface area contributed by atoms with E-state index in [-0.39, 0.29) is 29.9 Å². The molecule has 2 rings (SSSR count). The lowest BCUT2D eigenvalue weighted by Crippen LogP contribution is -2.25. The molecule has 4 nitrogen and oxygen atoms in total. The maximum atomic E-state index is 12.9. The maximum Gasteiger partial charge on any atom is 0.416 e. The van der Waals surface area contributed by atoms with Gasteiger partial charge in [0.2, 0.25) is 5.91 Å². The van der Waals surface area contributed by atoms with Crippen LogP contribution in [0.15, 0.2) is 18.2 Å². The number of amides is 1. The Morgan fingerprint density at radius 1 is 1.21 bits per heavy atom. The molecule has 0 aromatic heterocycles. The lowest BCUT2D eigenvalue weighted by molar-refractivity contribution is -0.137. The third kappa shape index (κ3) is 5.12. The van der Waals surface area contributed by atoms with Gasteiger partial charge in [0.15, 0.2) is 0 Å². The fourth-order valence-electron chi connectivity index (χ4n) is 2.76. The molecule has 1 aromatic carbocycles. The standard InChI is InChI=1S/C17H22F3NO3/c1-23-9-10-24-15-8-7-13(17(18,19)20)11-14(15)21-16(22)12-5-3-2-4-6-12/h7-8,11-12H,2-6,9-10H2,1H3,(H,21,22). The van der Waals surface area contributed by atoms with E-state index in [2.05, 4.69) is 5.32 Å². The highest BCUT2D eigenvalue weighted by atomic mass is 19.4. The molecule has 7 heteroatoms. The largest absolute Gasteiger partial charge is 0.489 e. The Morgan fingerprint density at radius 2 is 1.92 bits per heavy atom. The second-order valence-corrected chi connectivity index (χ2v) is 5.87. The Labute approximate surface area is 139 Å². The number of ether oxygens (including phenoxy) is 2. The van der Waals surface area contributed by atoms with Gasteiger partial charge < -0.3 is 14.8 Å². The van der Waals surface area contributed by atoms with Crippen molar-refractivity contribution in [1.29, 1.82) is 0 Å². The van der Waals surface area contributed by atoms with Crippen molar-refractivity contribution in [3.8, 4) is 5.75 Å². The summed E-state index contributed by atoms with van der Waals surface area (Å²) in [6, 6.07) is 3.09. The average Bonchev–Trinajstić information content (AvgIpc) is 2.56. The van der Waals surface area contributed by atoms with Gasteiger partial charge in [-0.15, -0.1) is 0 Å². The molecule has 0 atom stereocenters. The van der Waals surface area contributed by atoms with Gasteiger partial charge >= 0.3 is 6.18 Å². The number of rotatable bonds is 6. The second kappa shape index (κ2) is 8.37. The van der Waals surface area contributed by atoms with E-state index in [0.717, 1.165) is 44.2 Å². The zero-order valence-electron chi connectivity index (χ0n) is 13.6. The van der Waals surface area contributed by atoms with Gasteiger partial charge in [0.05, 0.1) is 17.9 Å². The van der Waals surface area contributed by atoms with E-state index in [1.165, 1.54) is 13.2 Å². The molecule has 1 N–H and O–H groups in total. The SMILES string of the molecule is COCCOc1ccc(C(F)(F)F)cc1NC(=O)C1CCCCC1. The molecule has 0 radical (unpaired) electrons. The van der Waals surface area contributed by atoms with Crippen LogP contribution >= 0.6 is 0 Å². The number of carbonyl (C=O) groups is 1. The minimum absolute atomic E-state index is 0.0523. The first-order valence-electron chi connectivity index (χ1n) is 8.05. The van der Waals surface area contributed by atoms with Crippen LogP contribution in [0.25, 0.3) is 0 Å². The van der Waals surface area contributed by atoms with Gasteiger partial charge in [-0.1, -0.05) is 19.3 Å². The first-order valence-corrected chi connectivity index (χ1v) is 8.05. The number of hydrogen-bond acceptors (Lipinski definition) is 3. The summed E-state index contributed by atoms with van der Waals surface area (Å²) in [6.07, 6.45) is 0.0964. The fraction of sp³-hybridized carbons (Fsp3) is 0.588. The van der Waals surface area contributed by atoms with E-state index in [0.29, 0.717) is 6.61 Å². The summed E-state index contributed by atoms with van der Waals surface area (Å²) >= 11 is 0. The number of methoxy groups -OCH3 is 1. The smallest absolute Gasteiger partial charge is 0.416 e. The van der Waals surface area contributed by atoms with Crippen LogP contribution in [-0.4, -0.2) is 26.2 Å². The molecule has 1 aromatic rings. The second-order valence-electron chi connectivity index (χ2n) is 5.87. The van der Waals surface area contributed by atoms with Gasteiger partial charge in [-0.2, -0.15) is 13.2 Å². The fourth-order valence-corrected chi connectivity index (χ4v) is 2.76. The number of hydrogen-bond donors (Lipinski definition) is 1. The summed E-state index contributed by atoms with van der Waals surface area (Å²) in [4.78, 5) is 12.3. The molecule has 1 amide bonds. The molecule has 0 spiro atoms. The molecule has 0 aliphatic heterocycles. The molecule has 0 saturated heterocycles. The van der Waals surface area contributed by atoms with Crippen LogP contribution in [0.5, 0.6) is 5.75 Å². The van der Waals surface area contributed by atoms with E-state index in [9.17, 15) is 18.0 Å². The average molecular weight is 345 g/mol. The number of benzene rings is 1. The highest BCUT2D eigenvalue weighted by molar-refractivity contribution is 5.94. The number of alkyl halides is 3. The lowest BCUT2D eigenvalue weighted by Gasteiger charge is -2.22. The van der Waals surface area contributed by atoms with Crippen LogP contribution in [0, 0.1) is 5.92 Å². The van der Waals surface area contributed by atoms with Gasteiger partial charge in [0.25, 0.3) is 0 Å². The maximum absolute atomic E-state index is 12.9. The molecule has 0 bridgehead atoms. The molecule has 134 valence electrons. The van der Waals surface area contributed by atoms with Crippen molar-refractivity contribution in [2.24, 2.45) is 5.92 Å². The van der Waals surface area contributed by atoms with E-state index in [1.54, 1.807) is 0 Å². The number of halogens is 3. The lowest BCUT2D eigenvalue weighted by atomic mass is 9.88. The van der Waals surface area contributed by atoms with E-state index < -0.39 is 11.7 Å². The Bertz CT molecular complexity index is 555. The zero-order valence-corrected chi connectivity index (χ0v) is 13.6. The Morgan fingerprint density at radius 3 is 2.54 bits per heavy atom. The summed E-state index contributed by atoms with van der Waals surface area (Å²) in [5, 5.41) is 2.61. The van der Waals surface area contributed by atoms with Gasteiger partial charge in [0, 0.05) is 13.0 Å². The summed E-state index contributed by atoms with van der Waals surface area (Å²) in [6.45, 7) is 0.491. The highest BCUT2D eigenvalue weighted by Crippen LogP contribution is 2.36. The van der Waals surface area contributed by atoms with E-state index >= 15 is 0 Å². The number of anilines is 1. The molecule has 1 aliphatic carbocycles. The van der Waals surface area contributed by atoms with Crippen LogP contribution in [0.1, 0.15) is 37.7 Å². The zero-order chi connectivity index (χ0) is 17.6. The highest BCUT2D eigenvalue weighted by Gasteiger charge is 2.32. The third-order valence-electron chi connectivity index (χ3n) is 4.09. The van der Waals surface area contributed by atoms with Crippen LogP contribution in [0.3, 0.4) is 0 Å². The first-order chi connectivity index (χ1) is 11.4. The molecule has 1 fully saturated rings. The molecule has 0 heterocycles. The summed E-state index contributed by atoms with van der Waals surface area (Å²) < 4.78 is 49.1. The Hall–Kier alpha value is -1.76. The molecule has 1 aliphatic rings. The number of carbonyl (C=O) groups excluding carboxylic acids is 1. The third-order valence-corrected chi connectivity index (χ3v) is 4.09. The van der Waals surface area contributed by atoms with Crippen molar-refractivity contribution in [2.45, 2.75) is 38.3 Å². The molecule has 1 saturated carbocycles. The van der Waals surface area contributed by atoms with Crippen LogP contribution in [0.2, 0.25) is 0 Å². The monoisotopic (exact) mass is 345 g/mol. The van der Waals surface area contributed by atoms with Crippen LogP contribution < -0.4 is 10.1 Å². The summed E-state index contributed by atoms with van der Waals surface area (Å²) in [5.74, 6) is -0.185. The van der Waals surface area contributed by atoms with Crippen LogP contribution in [0.4, 0.5) is 18.9 Å². The van der Waals surface area contributed by atoms with Crippen molar-refractivity contribution >= 4 is 11.6 Å². The normalized spacial score (nSPS) is 16.0. The van der Waals surface area contributed by atoms with Crippen molar-refractivity contribution in [3.63, 3.8) is 0 Å². The van der Waals surface area contributed by atoms with Crippen LogP contribution in [-0.2, 0) is 15.7 Å². The summed E-state index contributed by atoms with van der Waals surface area (Å²) in [7, 11) is 1.50. The van der Waals surface area contributed by atoms with Crippen molar-refractivity contribution in [2.75, 3.05) is 25.6 Å². The Balaban J connectivity index is 2.17. The van der Waals surface area contributed by atoms with Crippen molar-refractivity contribution in [1.82, 2.24) is 0 Å². The Kier molecular flexibility index (Phi) is 6.48. The molecular weight excluding hydrogens is 323 g/mol. The first kappa shape index (κ1) is 18.6. The van der Waals surface area contributed by atoms with Gasteiger partial charge in [0.1, 0.15) is 12.4 Å². The minimum Gasteiger partial charge on any atom is -0.489 e. The van der Waals surface area contributed by atoms with Crippen molar-refractivity contribution < 1.29 is 27.4 Å². The van der Waals surface area contributed by atoms with Crippen molar-refractivity contribution in [3.05, 3.63) is 23.8 Å². The minimum atomic E-state index is -4.48.